The van der Waals surface area contributed by atoms with E-state index in [9.17, 15) is 0 Å². The third kappa shape index (κ3) is 4.53. The van der Waals surface area contributed by atoms with E-state index >= 15 is 0 Å². The lowest BCUT2D eigenvalue weighted by atomic mass is 10.0. The molecule has 0 aliphatic heterocycles. The van der Waals surface area contributed by atoms with Crippen LogP contribution in [-0.2, 0) is 0 Å². The van der Waals surface area contributed by atoms with E-state index in [4.69, 9.17) is 11.6 Å². The van der Waals surface area contributed by atoms with Crippen molar-refractivity contribution in [2.75, 3.05) is 5.88 Å². The van der Waals surface area contributed by atoms with Crippen molar-refractivity contribution in [3.05, 3.63) is 12.2 Å². The van der Waals surface area contributed by atoms with Gasteiger partial charge in [-0.05, 0) is 18.8 Å². The third-order valence-corrected chi connectivity index (χ3v) is 1.72. The van der Waals surface area contributed by atoms with E-state index in [2.05, 4.69) is 19.9 Å². The number of allylic oxidation sites excluding steroid dienone is 2. The van der Waals surface area contributed by atoms with Crippen LogP contribution in [0.5, 0.6) is 0 Å². The lowest BCUT2D eigenvalue weighted by Gasteiger charge is -2.03. The summed E-state index contributed by atoms with van der Waals surface area (Å²) in [6.07, 6.45) is 6.68. The maximum absolute atomic E-state index is 5.47. The van der Waals surface area contributed by atoms with Crippen molar-refractivity contribution in [2.45, 2.75) is 26.7 Å². The van der Waals surface area contributed by atoms with Gasteiger partial charge < -0.3 is 0 Å². The minimum absolute atomic E-state index is 0.649. The van der Waals surface area contributed by atoms with Crippen LogP contribution in [0.2, 0.25) is 0 Å². The molecule has 0 rings (SSSR count). The molecule has 0 radical (unpaired) electrons. The first-order chi connectivity index (χ1) is 4.35. The van der Waals surface area contributed by atoms with Crippen molar-refractivity contribution in [3.8, 4) is 0 Å². The minimum Gasteiger partial charge on any atom is -0.122 e. The van der Waals surface area contributed by atoms with E-state index in [0.717, 1.165) is 5.92 Å². The minimum atomic E-state index is 0.649. The lowest BCUT2D eigenvalue weighted by Crippen LogP contribution is -1.89. The normalized spacial score (nSPS) is 11.6. The van der Waals surface area contributed by atoms with Gasteiger partial charge in [0.15, 0.2) is 0 Å². The maximum atomic E-state index is 5.47. The highest BCUT2D eigenvalue weighted by atomic mass is 35.5. The number of hydrogen-bond donors (Lipinski definition) is 0. The van der Waals surface area contributed by atoms with Crippen LogP contribution in [0.25, 0.3) is 0 Å². The second-order valence-corrected chi connectivity index (χ2v) is 2.47. The summed E-state index contributed by atoms with van der Waals surface area (Å²) in [5.41, 5.74) is 0. The summed E-state index contributed by atoms with van der Waals surface area (Å²) >= 11 is 5.47. The Balaban J connectivity index is 3.41. The van der Waals surface area contributed by atoms with Crippen molar-refractivity contribution < 1.29 is 0 Å². The van der Waals surface area contributed by atoms with Crippen LogP contribution >= 0.6 is 11.6 Å². The molecular weight excluding hydrogens is 132 g/mol. The Hall–Kier alpha value is 0.0300. The monoisotopic (exact) mass is 146 g/mol. The molecule has 0 heterocycles. The van der Waals surface area contributed by atoms with Gasteiger partial charge >= 0.3 is 0 Å². The van der Waals surface area contributed by atoms with Crippen LogP contribution in [0, 0.1) is 5.92 Å². The van der Waals surface area contributed by atoms with E-state index in [1.165, 1.54) is 12.8 Å². The van der Waals surface area contributed by atoms with E-state index < -0.39 is 0 Å². The molecule has 1 heteroatoms. The molecule has 54 valence electrons. The Kier molecular flexibility index (Phi) is 6.18. The van der Waals surface area contributed by atoms with Crippen LogP contribution < -0.4 is 0 Å². The first-order valence-corrected chi connectivity index (χ1v) is 4.11. The van der Waals surface area contributed by atoms with Gasteiger partial charge in [0.2, 0.25) is 0 Å². The Morgan fingerprint density at radius 2 is 1.89 bits per heavy atom. The van der Waals surface area contributed by atoms with Gasteiger partial charge in [-0.3, -0.25) is 0 Å². The van der Waals surface area contributed by atoms with Crippen LogP contribution in [0.3, 0.4) is 0 Å². The second-order valence-electron chi connectivity index (χ2n) is 2.16. The standard InChI is InChI=1S/C8H15Cl/c1-3-8(4-2)6-5-7-9/h5-6,8H,3-4,7H2,1-2H3. The largest absolute Gasteiger partial charge is 0.122 e. The van der Waals surface area contributed by atoms with Gasteiger partial charge in [-0.1, -0.05) is 26.0 Å². The summed E-state index contributed by atoms with van der Waals surface area (Å²) in [5.74, 6) is 1.39. The van der Waals surface area contributed by atoms with Gasteiger partial charge in [-0.25, -0.2) is 0 Å². The lowest BCUT2D eigenvalue weighted by molar-refractivity contribution is 0.606. The number of halogens is 1. The molecule has 0 aromatic heterocycles. The van der Waals surface area contributed by atoms with Crippen molar-refractivity contribution in [2.24, 2.45) is 5.92 Å². The van der Waals surface area contributed by atoms with Crippen molar-refractivity contribution in [1.29, 1.82) is 0 Å². The SMILES string of the molecule is CCC(C=CCCl)CC. The highest BCUT2D eigenvalue weighted by Gasteiger charge is 1.94. The van der Waals surface area contributed by atoms with Gasteiger partial charge in [0.25, 0.3) is 0 Å². The first kappa shape index (κ1) is 9.03. The van der Waals surface area contributed by atoms with Crippen LogP contribution in [0.4, 0.5) is 0 Å². The topological polar surface area (TPSA) is 0 Å². The van der Waals surface area contributed by atoms with E-state index in [-0.39, 0.29) is 0 Å². The molecule has 0 N–H and O–H groups in total. The summed E-state index contributed by atoms with van der Waals surface area (Å²) in [4.78, 5) is 0. The summed E-state index contributed by atoms with van der Waals surface area (Å²) < 4.78 is 0. The summed E-state index contributed by atoms with van der Waals surface area (Å²) in [6, 6.07) is 0. The molecule has 0 spiro atoms. The highest BCUT2D eigenvalue weighted by Crippen LogP contribution is 2.08. The molecule has 0 aliphatic carbocycles. The second kappa shape index (κ2) is 6.15. The van der Waals surface area contributed by atoms with E-state index in [1.807, 2.05) is 6.08 Å². The average Bonchev–Trinajstić information content (AvgIpc) is 1.91. The van der Waals surface area contributed by atoms with Gasteiger partial charge in [0.05, 0.1) is 0 Å². The van der Waals surface area contributed by atoms with Gasteiger partial charge in [0.1, 0.15) is 0 Å². The summed E-state index contributed by atoms with van der Waals surface area (Å²) in [7, 11) is 0. The first-order valence-electron chi connectivity index (χ1n) is 3.57. The summed E-state index contributed by atoms with van der Waals surface area (Å²) in [5, 5.41) is 0. The Labute approximate surface area is 62.9 Å². The molecular formula is C8H15Cl. The molecule has 9 heavy (non-hydrogen) atoms. The zero-order valence-corrected chi connectivity index (χ0v) is 6.99. The number of rotatable bonds is 4. The maximum Gasteiger partial charge on any atom is 0.0404 e. The number of alkyl halides is 1. The average molecular weight is 147 g/mol. The quantitative estimate of drug-likeness (QED) is 0.422. The van der Waals surface area contributed by atoms with E-state index in [1.54, 1.807) is 0 Å². The molecule has 0 saturated carbocycles. The molecule has 0 amide bonds. The van der Waals surface area contributed by atoms with Gasteiger partial charge in [-0.15, -0.1) is 11.6 Å². The fraction of sp³-hybridized carbons (Fsp3) is 0.750. The third-order valence-electron chi connectivity index (χ3n) is 1.55. The molecule has 0 aliphatic rings. The zero-order valence-electron chi connectivity index (χ0n) is 6.23. The molecule has 0 aromatic carbocycles. The molecule has 0 aromatic rings. The predicted molar refractivity (Wildman–Crippen MR) is 43.9 cm³/mol. The predicted octanol–water partition coefficient (Wildman–Crippen LogP) is 3.22. The Bertz CT molecular complexity index is 72.6. The molecule has 0 unspecified atom stereocenters. The van der Waals surface area contributed by atoms with Crippen LogP contribution in [-0.4, -0.2) is 5.88 Å². The Morgan fingerprint density at radius 1 is 1.33 bits per heavy atom. The zero-order chi connectivity index (χ0) is 7.11. The molecule has 0 atom stereocenters. The van der Waals surface area contributed by atoms with E-state index in [0.29, 0.717) is 5.88 Å². The Morgan fingerprint density at radius 3 is 2.22 bits per heavy atom. The van der Waals surface area contributed by atoms with Crippen molar-refractivity contribution >= 4 is 11.6 Å². The fourth-order valence-electron chi connectivity index (χ4n) is 0.805. The molecule has 0 bridgehead atoms. The van der Waals surface area contributed by atoms with Crippen LogP contribution in [0.15, 0.2) is 12.2 Å². The van der Waals surface area contributed by atoms with Gasteiger partial charge in [-0.2, -0.15) is 0 Å². The van der Waals surface area contributed by atoms with Crippen LogP contribution in [0.1, 0.15) is 26.7 Å². The molecule has 0 fully saturated rings. The highest BCUT2D eigenvalue weighted by molar-refractivity contribution is 6.18. The number of hydrogen-bond acceptors (Lipinski definition) is 0. The van der Waals surface area contributed by atoms with Gasteiger partial charge in [0, 0.05) is 5.88 Å². The molecule has 0 nitrogen and oxygen atoms in total. The van der Waals surface area contributed by atoms with Crippen molar-refractivity contribution in [3.63, 3.8) is 0 Å². The summed E-state index contributed by atoms with van der Waals surface area (Å²) in [6.45, 7) is 4.40. The smallest absolute Gasteiger partial charge is 0.0404 e. The van der Waals surface area contributed by atoms with Crippen molar-refractivity contribution in [1.82, 2.24) is 0 Å². The fourth-order valence-corrected chi connectivity index (χ4v) is 0.908. The molecule has 0 saturated heterocycles.